The molecule has 0 aromatic heterocycles. The first-order valence-corrected chi connectivity index (χ1v) is 8.44. The maximum Gasteiger partial charge on any atom is 0.269 e. The molecule has 4 rings (SSSR count). The van der Waals surface area contributed by atoms with Crippen molar-refractivity contribution in [2.45, 2.75) is 19.4 Å². The van der Waals surface area contributed by atoms with Crippen LogP contribution < -0.4 is 18.9 Å². The summed E-state index contributed by atoms with van der Waals surface area (Å²) in [4.78, 5) is 15.3. The molecule has 0 radical (unpaired) electrons. The number of aliphatic imine (C=N–C) groups is 1. The van der Waals surface area contributed by atoms with Crippen molar-refractivity contribution in [1.29, 1.82) is 0 Å². The molecule has 0 bridgehead atoms. The van der Waals surface area contributed by atoms with Crippen molar-refractivity contribution >= 4 is 11.4 Å². The Labute approximate surface area is 155 Å². The predicted octanol–water partition coefficient (Wildman–Crippen LogP) is 3.12. The van der Waals surface area contributed by atoms with E-state index < -0.39 is 4.92 Å². The summed E-state index contributed by atoms with van der Waals surface area (Å²) in [6, 6.07) is 6.31. The van der Waals surface area contributed by atoms with Crippen molar-refractivity contribution in [2.24, 2.45) is 4.99 Å². The van der Waals surface area contributed by atoms with Gasteiger partial charge in [0.25, 0.3) is 5.69 Å². The summed E-state index contributed by atoms with van der Waals surface area (Å²) in [5, 5.41) is 11.0. The third kappa shape index (κ3) is 2.64. The van der Waals surface area contributed by atoms with Gasteiger partial charge in [-0.1, -0.05) is 0 Å². The quantitative estimate of drug-likeness (QED) is 0.606. The molecule has 0 fully saturated rings. The summed E-state index contributed by atoms with van der Waals surface area (Å²) in [7, 11) is 3.15. The van der Waals surface area contributed by atoms with Crippen LogP contribution in [-0.4, -0.2) is 37.7 Å². The van der Waals surface area contributed by atoms with E-state index in [1.54, 1.807) is 26.4 Å². The normalized spacial score (nSPS) is 17.1. The lowest BCUT2D eigenvalue weighted by molar-refractivity contribution is -0.384. The van der Waals surface area contributed by atoms with E-state index in [4.69, 9.17) is 23.9 Å². The smallest absolute Gasteiger partial charge is 0.269 e. The van der Waals surface area contributed by atoms with Crippen LogP contribution in [0.4, 0.5) is 5.69 Å². The molecular weight excluding hydrogens is 352 g/mol. The first-order chi connectivity index (χ1) is 13.0. The fourth-order valence-corrected chi connectivity index (χ4v) is 3.56. The SMILES string of the molecule is COc1c2c(c(OC)c3c1OCO3)C(c1ccc([N+](=O)[O-])cc1)=N[C@H](C)C2. The van der Waals surface area contributed by atoms with Crippen LogP contribution in [0.5, 0.6) is 23.0 Å². The van der Waals surface area contributed by atoms with E-state index in [2.05, 4.69) is 0 Å². The summed E-state index contributed by atoms with van der Waals surface area (Å²) < 4.78 is 22.5. The molecule has 1 atom stereocenters. The van der Waals surface area contributed by atoms with Crippen LogP contribution in [0.15, 0.2) is 29.3 Å². The molecule has 27 heavy (non-hydrogen) atoms. The molecule has 2 heterocycles. The lowest BCUT2D eigenvalue weighted by Crippen LogP contribution is -2.21. The molecule has 2 aliphatic rings. The van der Waals surface area contributed by atoms with E-state index in [0.717, 1.165) is 16.7 Å². The van der Waals surface area contributed by atoms with Crippen molar-refractivity contribution in [3.05, 3.63) is 51.1 Å². The Morgan fingerprint density at radius 3 is 2.33 bits per heavy atom. The number of non-ortho nitro benzene ring substituents is 1. The predicted molar refractivity (Wildman–Crippen MR) is 97.6 cm³/mol. The number of methoxy groups -OCH3 is 2. The number of fused-ring (bicyclic) bond motifs is 2. The van der Waals surface area contributed by atoms with Gasteiger partial charge < -0.3 is 18.9 Å². The molecule has 2 aromatic rings. The second-order valence-corrected chi connectivity index (χ2v) is 6.32. The maximum atomic E-state index is 11.0. The number of hydrogen-bond acceptors (Lipinski definition) is 7. The lowest BCUT2D eigenvalue weighted by atomic mass is 9.88. The van der Waals surface area contributed by atoms with Crippen molar-refractivity contribution in [1.82, 2.24) is 0 Å². The van der Waals surface area contributed by atoms with Gasteiger partial charge in [0, 0.05) is 23.3 Å². The van der Waals surface area contributed by atoms with Gasteiger partial charge in [-0.3, -0.25) is 15.1 Å². The average Bonchev–Trinajstić information content (AvgIpc) is 3.14. The van der Waals surface area contributed by atoms with Gasteiger partial charge >= 0.3 is 0 Å². The molecule has 8 nitrogen and oxygen atoms in total. The molecule has 0 amide bonds. The Morgan fingerprint density at radius 2 is 1.74 bits per heavy atom. The highest BCUT2D eigenvalue weighted by Crippen LogP contribution is 2.53. The van der Waals surface area contributed by atoms with Crippen LogP contribution in [0.3, 0.4) is 0 Å². The monoisotopic (exact) mass is 370 g/mol. The Balaban J connectivity index is 1.95. The second-order valence-electron chi connectivity index (χ2n) is 6.32. The zero-order valence-corrected chi connectivity index (χ0v) is 15.1. The molecule has 2 aromatic carbocycles. The van der Waals surface area contributed by atoms with E-state index in [1.165, 1.54) is 12.1 Å². The molecule has 0 saturated carbocycles. The van der Waals surface area contributed by atoms with Gasteiger partial charge in [-0.15, -0.1) is 0 Å². The lowest BCUT2D eigenvalue weighted by Gasteiger charge is -2.26. The van der Waals surface area contributed by atoms with E-state index in [1.807, 2.05) is 6.92 Å². The van der Waals surface area contributed by atoms with Crippen LogP contribution in [0.1, 0.15) is 23.6 Å². The van der Waals surface area contributed by atoms with Crippen LogP contribution in [-0.2, 0) is 6.42 Å². The molecule has 0 saturated heterocycles. The van der Waals surface area contributed by atoms with E-state index in [9.17, 15) is 10.1 Å². The Kier molecular flexibility index (Phi) is 4.10. The third-order valence-electron chi connectivity index (χ3n) is 4.67. The molecule has 0 spiro atoms. The molecule has 0 aliphatic carbocycles. The highest BCUT2D eigenvalue weighted by molar-refractivity contribution is 6.17. The van der Waals surface area contributed by atoms with Gasteiger partial charge in [0.15, 0.2) is 11.5 Å². The summed E-state index contributed by atoms with van der Waals surface area (Å²) in [5.74, 6) is 2.16. The first kappa shape index (κ1) is 17.1. The number of nitro groups is 1. The fourth-order valence-electron chi connectivity index (χ4n) is 3.56. The van der Waals surface area contributed by atoms with Crippen LogP contribution in [0.2, 0.25) is 0 Å². The summed E-state index contributed by atoms with van der Waals surface area (Å²) in [6.07, 6.45) is 0.655. The summed E-state index contributed by atoms with van der Waals surface area (Å²) in [5.41, 5.74) is 3.17. The van der Waals surface area contributed by atoms with E-state index in [-0.39, 0.29) is 18.5 Å². The molecule has 0 N–H and O–H groups in total. The van der Waals surface area contributed by atoms with E-state index in [0.29, 0.717) is 35.1 Å². The highest BCUT2D eigenvalue weighted by atomic mass is 16.7. The van der Waals surface area contributed by atoms with Gasteiger partial charge in [-0.05, 0) is 25.5 Å². The summed E-state index contributed by atoms with van der Waals surface area (Å²) in [6.45, 7) is 2.09. The van der Waals surface area contributed by atoms with Gasteiger partial charge in [-0.25, -0.2) is 0 Å². The molecule has 2 aliphatic heterocycles. The molecule has 0 unspecified atom stereocenters. The number of benzene rings is 2. The molecule has 140 valence electrons. The van der Waals surface area contributed by atoms with Crippen molar-refractivity contribution in [3.8, 4) is 23.0 Å². The fraction of sp³-hybridized carbons (Fsp3) is 0.316. The van der Waals surface area contributed by atoms with Gasteiger partial charge in [0.1, 0.15) is 0 Å². The Morgan fingerprint density at radius 1 is 1.11 bits per heavy atom. The summed E-state index contributed by atoms with van der Waals surface area (Å²) >= 11 is 0. The topological polar surface area (TPSA) is 92.4 Å². The van der Waals surface area contributed by atoms with Crippen LogP contribution in [0.25, 0.3) is 0 Å². The van der Waals surface area contributed by atoms with Crippen molar-refractivity contribution in [3.63, 3.8) is 0 Å². The van der Waals surface area contributed by atoms with Gasteiger partial charge in [-0.2, -0.15) is 0 Å². The number of nitro benzene ring substituents is 1. The minimum Gasteiger partial charge on any atom is -0.492 e. The third-order valence-corrected chi connectivity index (χ3v) is 4.67. The minimum absolute atomic E-state index is 0.00155. The van der Waals surface area contributed by atoms with Crippen LogP contribution >= 0.6 is 0 Å². The first-order valence-electron chi connectivity index (χ1n) is 8.44. The highest BCUT2D eigenvalue weighted by Gasteiger charge is 2.36. The number of nitrogens with zero attached hydrogens (tertiary/aromatic N) is 2. The zero-order valence-electron chi connectivity index (χ0n) is 15.1. The molecular formula is C19H18N2O6. The average molecular weight is 370 g/mol. The standard InChI is InChI=1S/C19H18N2O6/c1-10-8-13-14(15(20-10)11-4-6-12(7-5-11)21(22)23)17(25-3)19-18(16(13)24-2)26-9-27-19/h4-7,10H,8-9H2,1-3H3/t10-/m1/s1. The second kappa shape index (κ2) is 6.46. The van der Waals surface area contributed by atoms with Gasteiger partial charge in [0.05, 0.1) is 36.5 Å². The zero-order chi connectivity index (χ0) is 19.1. The van der Waals surface area contributed by atoms with Crippen molar-refractivity contribution in [2.75, 3.05) is 21.0 Å². The Hall–Kier alpha value is -3.29. The Bertz CT molecular complexity index is 952. The van der Waals surface area contributed by atoms with Crippen LogP contribution in [0, 0.1) is 10.1 Å². The largest absolute Gasteiger partial charge is 0.492 e. The van der Waals surface area contributed by atoms with Gasteiger partial charge in [0.2, 0.25) is 18.3 Å². The van der Waals surface area contributed by atoms with E-state index >= 15 is 0 Å². The maximum absolute atomic E-state index is 11.0. The minimum atomic E-state index is -0.426. The number of rotatable bonds is 4. The number of ether oxygens (including phenoxy) is 4. The molecule has 8 heteroatoms. The number of hydrogen-bond donors (Lipinski definition) is 0. The van der Waals surface area contributed by atoms with Crippen molar-refractivity contribution < 1.29 is 23.9 Å².